The van der Waals surface area contributed by atoms with Crippen LogP contribution in [-0.4, -0.2) is 86.4 Å². The molecule has 1 heterocycles. The van der Waals surface area contributed by atoms with Crippen LogP contribution >= 0.6 is 0 Å². The van der Waals surface area contributed by atoms with Gasteiger partial charge in [-0.15, -0.1) is 0 Å². The third-order valence-electron chi connectivity index (χ3n) is 13.8. The number of carboxylic acid groups (broad SMARTS) is 1. The number of allylic oxidation sites excluding steroid dienone is 1. The number of hydrogen-bond acceptors (Lipinski definition) is 8. The molecule has 10 nitrogen and oxygen atoms in total. The van der Waals surface area contributed by atoms with Gasteiger partial charge in [0, 0.05) is 13.3 Å². The smallest absolute Gasteiger partial charge is 0.364 e. The maximum Gasteiger partial charge on any atom is 0.364 e. The number of fused-ring (bicyclic) bond motifs is 5. The molecule has 0 radical (unpaired) electrons. The molecule has 4 fully saturated rings. The van der Waals surface area contributed by atoms with Gasteiger partial charge in [-0.25, -0.2) is 4.79 Å². The monoisotopic (exact) mass is 677 g/mol. The van der Waals surface area contributed by atoms with E-state index in [1.54, 1.807) is 0 Å². The molecule has 1 aliphatic heterocycles. The number of hydrogen-bond donors (Lipinski definition) is 6. The molecule has 48 heavy (non-hydrogen) atoms. The zero-order valence-electron chi connectivity index (χ0n) is 30.1. The lowest BCUT2D eigenvalue weighted by Crippen LogP contribution is -2.68. The molecular formula is C38H63NO9. The largest absolute Gasteiger partial charge is 0.477 e. The Balaban J connectivity index is 1.31. The van der Waals surface area contributed by atoms with Gasteiger partial charge in [-0.1, -0.05) is 65.5 Å². The third kappa shape index (κ3) is 7.00. The van der Waals surface area contributed by atoms with E-state index in [4.69, 9.17) is 9.47 Å². The van der Waals surface area contributed by atoms with E-state index >= 15 is 0 Å². The highest BCUT2D eigenvalue weighted by molar-refractivity contribution is 5.76. The molecule has 0 aromatic rings. The normalized spacial score (nSPS) is 42.9. The van der Waals surface area contributed by atoms with E-state index in [1.807, 2.05) is 0 Å². The lowest BCUT2D eigenvalue weighted by Gasteiger charge is -2.59. The number of ether oxygens (including phenoxy) is 2. The Labute approximate surface area is 287 Å². The highest BCUT2D eigenvalue weighted by Gasteiger charge is 2.61. The average Bonchev–Trinajstić information content (AvgIpc) is 3.38. The molecule has 0 bridgehead atoms. The Kier molecular flexibility index (Phi) is 11.5. The minimum atomic E-state index is -2.30. The van der Waals surface area contributed by atoms with Crippen molar-refractivity contribution in [2.45, 2.75) is 161 Å². The quantitative estimate of drug-likeness (QED) is 0.162. The standard InChI is InChI=1S/C38H63NO9/c1-21(2)8-7-9-22(3)27-12-13-28-26-11-10-24-18-25(14-16-36(24,5)29(26)15-17-37(27,28)6)47-38(35(45)46)19-30(42)32(39-23(4)41)34(48-38)33(44)31(43)20-40/h10,21-22,25-34,40,42-44H,7-9,11-20H2,1-6H3,(H,39,41)(H,45,46)/t22-,25?,26?,27+,28-,29-,30?,31+,32?,33-,34?,36-,37+,38?/m0/s1. The van der Waals surface area contributed by atoms with Crippen molar-refractivity contribution in [1.29, 1.82) is 0 Å². The van der Waals surface area contributed by atoms with E-state index in [-0.39, 0.29) is 5.41 Å². The summed E-state index contributed by atoms with van der Waals surface area (Å²) >= 11 is 0. The summed E-state index contributed by atoms with van der Waals surface area (Å²) in [6.45, 7) is 12.6. The fourth-order valence-corrected chi connectivity index (χ4v) is 11.3. The summed E-state index contributed by atoms with van der Waals surface area (Å²) in [5, 5.41) is 54.5. The van der Waals surface area contributed by atoms with E-state index in [0.29, 0.717) is 30.1 Å². The topological polar surface area (TPSA) is 166 Å². The summed E-state index contributed by atoms with van der Waals surface area (Å²) in [6, 6.07) is -1.21. The summed E-state index contributed by atoms with van der Waals surface area (Å²) in [6.07, 6.45) is 7.23. The molecule has 5 rings (SSSR count). The van der Waals surface area contributed by atoms with Crippen LogP contribution in [0.3, 0.4) is 0 Å². The van der Waals surface area contributed by atoms with Crippen molar-refractivity contribution in [1.82, 2.24) is 5.32 Å². The molecule has 0 aromatic heterocycles. The summed E-state index contributed by atoms with van der Waals surface area (Å²) in [5.74, 6) is 0.0225. The van der Waals surface area contributed by atoms with Crippen LogP contribution in [0.25, 0.3) is 0 Å². The zero-order chi connectivity index (χ0) is 35.2. The highest BCUT2D eigenvalue weighted by atomic mass is 16.7. The van der Waals surface area contributed by atoms with Gasteiger partial charge in [-0.3, -0.25) is 4.79 Å². The molecule has 274 valence electrons. The molecule has 4 aliphatic carbocycles. The van der Waals surface area contributed by atoms with Crippen molar-refractivity contribution in [3.05, 3.63) is 11.6 Å². The lowest BCUT2D eigenvalue weighted by atomic mass is 9.47. The first-order valence-corrected chi connectivity index (χ1v) is 18.8. The summed E-state index contributed by atoms with van der Waals surface area (Å²) < 4.78 is 12.3. The zero-order valence-corrected chi connectivity index (χ0v) is 30.1. The van der Waals surface area contributed by atoms with Crippen LogP contribution in [0.4, 0.5) is 0 Å². The first-order chi connectivity index (χ1) is 22.6. The SMILES string of the molecule is CC(=O)NC1C(O)CC(OC2CC[C@@]3(C)C(=CCC4[C@@H]5CC[C@H]([C@@H](C)CCCC(C)C)[C@@]5(C)CC[C@@H]43)C2)(C(=O)O)OC1[C@@H](O)[C@H](O)CO. The number of aliphatic carboxylic acids is 1. The second-order valence-electron chi connectivity index (χ2n) is 17.2. The van der Waals surface area contributed by atoms with E-state index in [0.717, 1.165) is 36.5 Å². The Morgan fingerprint density at radius 2 is 1.79 bits per heavy atom. The van der Waals surface area contributed by atoms with Gasteiger partial charge in [-0.05, 0) is 97.7 Å². The van der Waals surface area contributed by atoms with Crippen LogP contribution in [0.2, 0.25) is 0 Å². The van der Waals surface area contributed by atoms with Crippen LogP contribution in [0, 0.1) is 46.3 Å². The molecule has 10 heteroatoms. The molecule has 6 N–H and O–H groups in total. The number of carboxylic acids is 1. The number of carbonyl (C=O) groups is 2. The summed E-state index contributed by atoms with van der Waals surface area (Å²) in [5.41, 5.74) is 1.74. The Bertz CT molecular complexity index is 1190. The first kappa shape index (κ1) is 37.7. The van der Waals surface area contributed by atoms with Gasteiger partial charge in [0.1, 0.15) is 18.3 Å². The molecule has 1 amide bonds. The number of aliphatic hydroxyl groups is 4. The van der Waals surface area contributed by atoms with Gasteiger partial charge in [-0.2, -0.15) is 0 Å². The molecule has 6 unspecified atom stereocenters. The minimum Gasteiger partial charge on any atom is -0.477 e. The number of nitrogens with one attached hydrogen (secondary N) is 1. The van der Waals surface area contributed by atoms with E-state index in [9.17, 15) is 35.1 Å². The number of carbonyl (C=O) groups excluding carboxylic acids is 1. The maximum atomic E-state index is 12.8. The highest BCUT2D eigenvalue weighted by Crippen LogP contribution is 2.67. The maximum absolute atomic E-state index is 12.8. The second-order valence-corrected chi connectivity index (χ2v) is 17.2. The molecule has 5 aliphatic rings. The van der Waals surface area contributed by atoms with Gasteiger partial charge in [0.25, 0.3) is 5.79 Å². The number of aliphatic hydroxyl groups excluding tert-OH is 4. The predicted molar refractivity (Wildman–Crippen MR) is 180 cm³/mol. The predicted octanol–water partition coefficient (Wildman–Crippen LogP) is 4.56. The third-order valence-corrected chi connectivity index (χ3v) is 13.8. The van der Waals surface area contributed by atoms with Crippen molar-refractivity contribution in [3.63, 3.8) is 0 Å². The van der Waals surface area contributed by atoms with Gasteiger partial charge in [0.2, 0.25) is 5.91 Å². The molecule has 1 saturated heterocycles. The Morgan fingerprint density at radius 1 is 1.06 bits per heavy atom. The minimum absolute atomic E-state index is 0.0227. The van der Waals surface area contributed by atoms with E-state index < -0.39 is 67.3 Å². The summed E-state index contributed by atoms with van der Waals surface area (Å²) in [4.78, 5) is 24.7. The molecule has 3 saturated carbocycles. The Morgan fingerprint density at radius 3 is 2.44 bits per heavy atom. The van der Waals surface area contributed by atoms with Crippen molar-refractivity contribution in [2.75, 3.05) is 6.61 Å². The first-order valence-electron chi connectivity index (χ1n) is 18.8. The molecule has 0 aromatic carbocycles. The van der Waals surface area contributed by atoms with Crippen molar-refractivity contribution < 1.29 is 44.6 Å². The molecule has 14 atom stereocenters. The van der Waals surface area contributed by atoms with Crippen LogP contribution in [0.5, 0.6) is 0 Å². The number of amides is 1. The van der Waals surface area contributed by atoms with Crippen molar-refractivity contribution >= 4 is 11.9 Å². The van der Waals surface area contributed by atoms with Crippen LogP contribution in [-0.2, 0) is 19.1 Å². The fourth-order valence-electron chi connectivity index (χ4n) is 11.3. The Hall–Kier alpha value is -1.56. The van der Waals surface area contributed by atoms with Crippen LogP contribution < -0.4 is 5.32 Å². The van der Waals surface area contributed by atoms with E-state index in [2.05, 4.69) is 46.0 Å². The van der Waals surface area contributed by atoms with Crippen LogP contribution in [0.1, 0.15) is 119 Å². The lowest BCUT2D eigenvalue weighted by molar-refractivity contribution is -0.324. The fraction of sp³-hybridized carbons (Fsp3) is 0.895. The number of rotatable bonds is 12. The van der Waals surface area contributed by atoms with Crippen molar-refractivity contribution in [2.24, 2.45) is 46.3 Å². The molecule has 0 spiro atoms. The molecular weight excluding hydrogens is 614 g/mol. The second kappa shape index (κ2) is 14.6. The van der Waals surface area contributed by atoms with E-state index in [1.165, 1.54) is 57.4 Å². The van der Waals surface area contributed by atoms with Crippen LogP contribution in [0.15, 0.2) is 11.6 Å². The summed E-state index contributed by atoms with van der Waals surface area (Å²) in [7, 11) is 0. The van der Waals surface area contributed by atoms with Crippen molar-refractivity contribution in [3.8, 4) is 0 Å². The van der Waals surface area contributed by atoms with Gasteiger partial charge >= 0.3 is 5.97 Å². The average molecular weight is 678 g/mol. The van der Waals surface area contributed by atoms with Gasteiger partial charge in [0.05, 0.1) is 24.9 Å². The van der Waals surface area contributed by atoms with Gasteiger partial charge in [0.15, 0.2) is 0 Å². The van der Waals surface area contributed by atoms with Gasteiger partial charge < -0.3 is 40.3 Å².